The van der Waals surface area contributed by atoms with Crippen molar-refractivity contribution < 1.29 is 14.0 Å². The van der Waals surface area contributed by atoms with Gasteiger partial charge in [0.2, 0.25) is 5.91 Å². The van der Waals surface area contributed by atoms with Crippen LogP contribution >= 0.6 is 0 Å². The highest BCUT2D eigenvalue weighted by Crippen LogP contribution is 2.16. The molecule has 4 nitrogen and oxygen atoms in total. The molecule has 2 rings (SSSR count). The van der Waals surface area contributed by atoms with Gasteiger partial charge in [-0.25, -0.2) is 4.39 Å². The highest BCUT2D eigenvalue weighted by atomic mass is 19.1. The Hall–Kier alpha value is -3.00. The second-order valence-electron chi connectivity index (χ2n) is 5.25. The molecule has 0 aliphatic heterocycles. The van der Waals surface area contributed by atoms with E-state index in [1.54, 1.807) is 31.2 Å². The molecule has 0 aliphatic carbocycles. The molecule has 0 saturated heterocycles. The van der Waals surface area contributed by atoms with Crippen molar-refractivity contribution in [3.05, 3.63) is 65.0 Å². The number of nitrogens with zero attached hydrogens (tertiary/aromatic N) is 1. The van der Waals surface area contributed by atoms with E-state index in [0.717, 1.165) is 11.6 Å². The summed E-state index contributed by atoms with van der Waals surface area (Å²) < 4.78 is 13.6. The van der Waals surface area contributed by atoms with Gasteiger partial charge in [0.1, 0.15) is 5.82 Å². The lowest BCUT2D eigenvalue weighted by atomic mass is 9.97. The third kappa shape index (κ3) is 3.80. The maximum Gasteiger partial charge on any atom is 0.249 e. The average Bonchev–Trinajstić information content (AvgIpc) is 2.50. The summed E-state index contributed by atoms with van der Waals surface area (Å²) in [6.07, 6.45) is 0. The van der Waals surface area contributed by atoms with Gasteiger partial charge in [-0.2, -0.15) is 5.26 Å². The Bertz CT molecular complexity index is 809. The van der Waals surface area contributed by atoms with Gasteiger partial charge in [-0.15, -0.1) is 0 Å². The number of rotatable bonds is 4. The molecule has 116 valence electrons. The Morgan fingerprint density at radius 1 is 1.17 bits per heavy atom. The van der Waals surface area contributed by atoms with E-state index in [1.165, 1.54) is 12.1 Å². The van der Waals surface area contributed by atoms with Gasteiger partial charge in [-0.1, -0.05) is 24.3 Å². The molecule has 0 aromatic heterocycles. The summed E-state index contributed by atoms with van der Waals surface area (Å²) in [5.74, 6) is -3.54. The Balaban J connectivity index is 2.21. The number of halogens is 1. The molecule has 2 aromatic carbocycles. The molecule has 23 heavy (non-hydrogen) atoms. The van der Waals surface area contributed by atoms with Crippen molar-refractivity contribution in [1.29, 1.82) is 5.26 Å². The van der Waals surface area contributed by atoms with Crippen molar-refractivity contribution in [3.8, 4) is 6.07 Å². The number of carbonyl (C=O) groups excluding carboxylic acids is 2. The lowest BCUT2D eigenvalue weighted by molar-refractivity contribution is -0.117. The van der Waals surface area contributed by atoms with Gasteiger partial charge in [-0.3, -0.25) is 9.59 Å². The fourth-order valence-corrected chi connectivity index (χ4v) is 2.09. The molecular formula is C18H15FN2O2. The summed E-state index contributed by atoms with van der Waals surface area (Å²) in [5.41, 5.74) is 1.82. The maximum atomic E-state index is 13.6. The first-order valence-corrected chi connectivity index (χ1v) is 7.00. The van der Waals surface area contributed by atoms with E-state index in [4.69, 9.17) is 5.26 Å². The van der Waals surface area contributed by atoms with Crippen molar-refractivity contribution in [2.75, 3.05) is 5.32 Å². The van der Waals surface area contributed by atoms with Crippen molar-refractivity contribution in [2.24, 2.45) is 5.92 Å². The zero-order valence-electron chi connectivity index (χ0n) is 12.8. The van der Waals surface area contributed by atoms with E-state index >= 15 is 0 Å². The highest BCUT2D eigenvalue weighted by Gasteiger charge is 2.28. The number of carbonyl (C=O) groups is 2. The average molecular weight is 310 g/mol. The Labute approximate surface area is 133 Å². The molecule has 1 N–H and O–H groups in total. The molecule has 0 heterocycles. The van der Waals surface area contributed by atoms with Crippen LogP contribution in [0, 0.1) is 36.9 Å². The summed E-state index contributed by atoms with van der Waals surface area (Å²) >= 11 is 0. The predicted octanol–water partition coefficient (Wildman–Crippen LogP) is 3.40. The van der Waals surface area contributed by atoms with E-state index < -0.39 is 23.4 Å². The SMILES string of the molecule is Cc1cccc(NC(=O)[C@@H](C#N)C(=O)c2ccc(C)c(F)c2)c1. The predicted molar refractivity (Wildman–Crippen MR) is 84.4 cm³/mol. The molecule has 0 bridgehead atoms. The van der Waals surface area contributed by atoms with Crippen molar-refractivity contribution in [1.82, 2.24) is 0 Å². The number of aryl methyl sites for hydroxylation is 2. The van der Waals surface area contributed by atoms with Crippen molar-refractivity contribution in [2.45, 2.75) is 13.8 Å². The molecule has 2 aromatic rings. The Morgan fingerprint density at radius 2 is 1.91 bits per heavy atom. The number of anilines is 1. The van der Waals surface area contributed by atoms with Crippen LogP contribution in [0.4, 0.5) is 10.1 Å². The number of Topliss-reactive ketones (excluding diaryl/α,β-unsaturated/α-hetero) is 1. The fourth-order valence-electron chi connectivity index (χ4n) is 2.09. The Kier molecular flexibility index (Phi) is 4.87. The molecule has 0 saturated carbocycles. The lowest BCUT2D eigenvalue weighted by Gasteiger charge is -2.10. The molecule has 1 amide bonds. The van der Waals surface area contributed by atoms with Crippen molar-refractivity contribution in [3.63, 3.8) is 0 Å². The van der Waals surface area contributed by atoms with Gasteiger partial charge < -0.3 is 5.32 Å². The van der Waals surface area contributed by atoms with E-state index in [1.807, 2.05) is 13.0 Å². The van der Waals surface area contributed by atoms with Crippen LogP contribution in [-0.4, -0.2) is 11.7 Å². The second kappa shape index (κ2) is 6.84. The molecule has 0 unspecified atom stereocenters. The third-order valence-electron chi connectivity index (χ3n) is 3.40. The molecule has 5 heteroatoms. The van der Waals surface area contributed by atoms with Crippen molar-refractivity contribution >= 4 is 17.4 Å². The van der Waals surface area contributed by atoms with Gasteiger partial charge in [0.15, 0.2) is 11.7 Å². The zero-order valence-corrected chi connectivity index (χ0v) is 12.8. The lowest BCUT2D eigenvalue weighted by Crippen LogP contribution is -2.28. The maximum absolute atomic E-state index is 13.6. The summed E-state index contributed by atoms with van der Waals surface area (Å²) in [7, 11) is 0. The van der Waals surface area contributed by atoms with Gasteiger partial charge in [0.05, 0.1) is 6.07 Å². The van der Waals surface area contributed by atoms with Crippen LogP contribution in [0.15, 0.2) is 42.5 Å². The zero-order chi connectivity index (χ0) is 17.0. The van der Waals surface area contributed by atoms with Gasteiger partial charge >= 0.3 is 0 Å². The van der Waals surface area contributed by atoms with Crippen LogP contribution in [0.25, 0.3) is 0 Å². The van der Waals surface area contributed by atoms with Crippen LogP contribution in [0.1, 0.15) is 21.5 Å². The molecule has 1 atom stereocenters. The monoisotopic (exact) mass is 310 g/mol. The molecule has 0 fully saturated rings. The third-order valence-corrected chi connectivity index (χ3v) is 3.40. The van der Waals surface area contributed by atoms with Crippen LogP contribution in [0.5, 0.6) is 0 Å². The number of hydrogen-bond donors (Lipinski definition) is 1. The number of benzene rings is 2. The number of ketones is 1. The smallest absolute Gasteiger partial charge is 0.249 e. The van der Waals surface area contributed by atoms with Gasteiger partial charge in [-0.05, 0) is 43.2 Å². The molecular weight excluding hydrogens is 295 g/mol. The largest absolute Gasteiger partial charge is 0.325 e. The fraction of sp³-hybridized carbons (Fsp3) is 0.167. The van der Waals surface area contributed by atoms with Crippen LogP contribution < -0.4 is 5.32 Å². The van der Waals surface area contributed by atoms with E-state index in [2.05, 4.69) is 5.32 Å². The number of nitrogens with one attached hydrogen (secondary N) is 1. The minimum absolute atomic E-state index is 0.000887. The first-order chi connectivity index (χ1) is 10.9. The normalized spacial score (nSPS) is 11.4. The summed E-state index contributed by atoms with van der Waals surface area (Å²) in [6.45, 7) is 3.42. The first kappa shape index (κ1) is 16.4. The minimum atomic E-state index is -1.53. The van der Waals surface area contributed by atoms with Crippen LogP contribution in [0.2, 0.25) is 0 Å². The summed E-state index contributed by atoms with van der Waals surface area (Å²) in [5, 5.41) is 11.7. The number of hydrogen-bond acceptors (Lipinski definition) is 3. The molecule has 0 spiro atoms. The minimum Gasteiger partial charge on any atom is -0.325 e. The standard InChI is InChI=1S/C18H15FN2O2/c1-11-4-3-5-14(8-11)21-18(23)15(10-20)17(22)13-7-6-12(2)16(19)9-13/h3-9,15H,1-2H3,(H,21,23)/t15-/m0/s1. The van der Waals surface area contributed by atoms with Gasteiger partial charge in [0, 0.05) is 11.3 Å². The highest BCUT2D eigenvalue weighted by molar-refractivity contribution is 6.15. The Morgan fingerprint density at radius 3 is 2.52 bits per heavy atom. The topological polar surface area (TPSA) is 70.0 Å². The summed E-state index contributed by atoms with van der Waals surface area (Å²) in [4.78, 5) is 24.5. The van der Waals surface area contributed by atoms with Gasteiger partial charge in [0.25, 0.3) is 0 Å². The molecule has 0 aliphatic rings. The number of amides is 1. The first-order valence-electron chi connectivity index (χ1n) is 7.00. The van der Waals surface area contributed by atoms with E-state index in [0.29, 0.717) is 11.3 Å². The van der Waals surface area contributed by atoms with E-state index in [-0.39, 0.29) is 5.56 Å². The van der Waals surface area contributed by atoms with Crippen LogP contribution in [-0.2, 0) is 4.79 Å². The number of nitriles is 1. The summed E-state index contributed by atoms with van der Waals surface area (Å²) in [6, 6.07) is 12.6. The quantitative estimate of drug-likeness (QED) is 0.695. The second-order valence-corrected chi connectivity index (χ2v) is 5.25. The molecule has 0 radical (unpaired) electrons. The van der Waals surface area contributed by atoms with Crippen LogP contribution in [0.3, 0.4) is 0 Å². The van der Waals surface area contributed by atoms with E-state index in [9.17, 15) is 14.0 Å².